The Labute approximate surface area is 86.3 Å². The number of phenols is 1. The summed E-state index contributed by atoms with van der Waals surface area (Å²) in [5.74, 6) is 0.801. The van der Waals surface area contributed by atoms with E-state index in [9.17, 15) is 5.11 Å². The number of hydrogen-bond donors (Lipinski definition) is 4. The summed E-state index contributed by atoms with van der Waals surface area (Å²) in [6.07, 6.45) is 1.41. The molecule has 0 amide bonds. The van der Waals surface area contributed by atoms with Crippen LogP contribution in [0.5, 0.6) is 5.75 Å². The minimum absolute atomic E-state index is 0.268. The van der Waals surface area contributed by atoms with Crippen molar-refractivity contribution >= 4 is 5.95 Å². The van der Waals surface area contributed by atoms with E-state index >= 15 is 0 Å². The highest BCUT2D eigenvalue weighted by Crippen LogP contribution is 2.14. The number of phenolic OH excluding ortho intramolecular Hbond substituents is 1. The van der Waals surface area contributed by atoms with Crippen LogP contribution < -0.4 is 10.9 Å². The van der Waals surface area contributed by atoms with Gasteiger partial charge in [-0.1, -0.05) is 18.2 Å². The van der Waals surface area contributed by atoms with E-state index in [1.807, 2.05) is 12.1 Å². The number of nitrogens with zero attached hydrogens (tertiary/aromatic N) is 2. The van der Waals surface area contributed by atoms with Crippen molar-refractivity contribution in [2.75, 3.05) is 5.43 Å². The van der Waals surface area contributed by atoms with E-state index in [4.69, 9.17) is 0 Å². The molecule has 2 aromatic rings. The van der Waals surface area contributed by atoms with Crippen molar-refractivity contribution in [2.24, 2.45) is 0 Å². The fourth-order valence-corrected chi connectivity index (χ4v) is 1.15. The molecule has 6 heteroatoms. The third kappa shape index (κ3) is 2.44. The minimum atomic E-state index is 0.268. The number of benzene rings is 1. The van der Waals surface area contributed by atoms with Crippen LogP contribution >= 0.6 is 0 Å². The number of hydrogen-bond acceptors (Lipinski definition) is 5. The molecular weight excluding hydrogens is 194 g/mol. The summed E-state index contributed by atoms with van der Waals surface area (Å²) in [5, 5.41) is 15.8. The van der Waals surface area contributed by atoms with Gasteiger partial charge in [-0.3, -0.25) is 5.43 Å². The first-order valence-electron chi connectivity index (χ1n) is 4.47. The van der Waals surface area contributed by atoms with Crippen LogP contribution in [0, 0.1) is 0 Å². The third-order valence-corrected chi connectivity index (χ3v) is 1.89. The van der Waals surface area contributed by atoms with E-state index in [0.717, 1.165) is 5.56 Å². The molecule has 0 saturated heterocycles. The molecule has 2 rings (SSSR count). The number of anilines is 1. The summed E-state index contributed by atoms with van der Waals surface area (Å²) in [4.78, 5) is 3.87. The standard InChI is InChI=1S/C9H11N5O/c15-8-4-2-1-3-7(8)5-11-13-9-10-6-12-14-9/h1-4,6,11,15H,5H2,(H2,10,12,13,14). The smallest absolute Gasteiger partial charge is 0.233 e. The molecule has 0 aliphatic heterocycles. The molecule has 0 fully saturated rings. The number of aromatic hydroxyl groups is 1. The first-order valence-corrected chi connectivity index (χ1v) is 4.47. The van der Waals surface area contributed by atoms with Crippen molar-refractivity contribution in [2.45, 2.75) is 6.54 Å². The first kappa shape index (κ1) is 9.47. The van der Waals surface area contributed by atoms with Crippen molar-refractivity contribution < 1.29 is 5.11 Å². The summed E-state index contributed by atoms with van der Waals surface area (Å²) in [6.45, 7) is 0.493. The lowest BCUT2D eigenvalue weighted by molar-refractivity contribution is 0.466. The zero-order valence-electron chi connectivity index (χ0n) is 7.94. The molecule has 0 saturated carbocycles. The van der Waals surface area contributed by atoms with Crippen LogP contribution in [0.3, 0.4) is 0 Å². The van der Waals surface area contributed by atoms with Gasteiger partial charge in [0.25, 0.3) is 0 Å². The largest absolute Gasteiger partial charge is 0.508 e. The van der Waals surface area contributed by atoms with Crippen molar-refractivity contribution in [1.82, 2.24) is 20.6 Å². The number of hydrazine groups is 1. The third-order valence-electron chi connectivity index (χ3n) is 1.89. The predicted octanol–water partition coefficient (Wildman–Crippen LogP) is 0.627. The monoisotopic (exact) mass is 205 g/mol. The zero-order valence-corrected chi connectivity index (χ0v) is 7.94. The Kier molecular flexibility index (Phi) is 2.80. The molecule has 1 heterocycles. The molecule has 0 atom stereocenters. The normalized spacial score (nSPS) is 10.1. The molecule has 0 unspecified atom stereocenters. The molecule has 6 nitrogen and oxygen atoms in total. The maximum Gasteiger partial charge on any atom is 0.233 e. The average Bonchev–Trinajstić information content (AvgIpc) is 2.74. The van der Waals surface area contributed by atoms with E-state index in [0.29, 0.717) is 12.5 Å². The highest BCUT2D eigenvalue weighted by atomic mass is 16.3. The summed E-state index contributed by atoms with van der Waals surface area (Å²) in [5.41, 5.74) is 6.52. The van der Waals surface area contributed by atoms with Crippen LogP contribution in [-0.4, -0.2) is 20.3 Å². The quantitative estimate of drug-likeness (QED) is 0.550. The van der Waals surface area contributed by atoms with Gasteiger partial charge in [-0.05, 0) is 6.07 Å². The van der Waals surface area contributed by atoms with Crippen LogP contribution in [0.15, 0.2) is 30.6 Å². The number of aromatic nitrogens is 3. The maximum absolute atomic E-state index is 9.46. The van der Waals surface area contributed by atoms with E-state index < -0.39 is 0 Å². The molecule has 1 aromatic heterocycles. The zero-order chi connectivity index (χ0) is 10.5. The van der Waals surface area contributed by atoms with Crippen LogP contribution in [0.4, 0.5) is 5.95 Å². The first-order chi connectivity index (χ1) is 7.36. The van der Waals surface area contributed by atoms with Gasteiger partial charge in [0.05, 0.1) is 0 Å². The van der Waals surface area contributed by atoms with Crippen LogP contribution in [-0.2, 0) is 6.54 Å². The molecule has 0 radical (unpaired) electrons. The lowest BCUT2D eigenvalue weighted by Gasteiger charge is -2.06. The van der Waals surface area contributed by atoms with E-state index in [1.54, 1.807) is 12.1 Å². The fraction of sp³-hybridized carbons (Fsp3) is 0.111. The Morgan fingerprint density at radius 1 is 1.33 bits per heavy atom. The Morgan fingerprint density at radius 3 is 2.93 bits per heavy atom. The lowest BCUT2D eigenvalue weighted by atomic mass is 10.2. The topological polar surface area (TPSA) is 85.9 Å². The number of aromatic amines is 1. The van der Waals surface area contributed by atoms with Gasteiger partial charge in [-0.2, -0.15) is 10.1 Å². The van der Waals surface area contributed by atoms with Crippen LogP contribution in [0.25, 0.3) is 0 Å². The lowest BCUT2D eigenvalue weighted by Crippen LogP contribution is -2.21. The summed E-state index contributed by atoms with van der Waals surface area (Å²) < 4.78 is 0. The van der Waals surface area contributed by atoms with Gasteiger partial charge < -0.3 is 5.11 Å². The van der Waals surface area contributed by atoms with E-state index in [1.165, 1.54) is 6.33 Å². The highest BCUT2D eigenvalue weighted by Gasteiger charge is 1.98. The van der Waals surface area contributed by atoms with Gasteiger partial charge in [-0.15, -0.1) is 0 Å². The molecule has 0 bridgehead atoms. The number of nitrogens with one attached hydrogen (secondary N) is 3. The Bertz CT molecular complexity index is 414. The van der Waals surface area contributed by atoms with Gasteiger partial charge in [0.15, 0.2) is 0 Å². The van der Waals surface area contributed by atoms with Gasteiger partial charge in [-0.25, -0.2) is 10.5 Å². The summed E-state index contributed by atoms with van der Waals surface area (Å²) >= 11 is 0. The second kappa shape index (κ2) is 4.43. The number of H-pyrrole nitrogens is 1. The predicted molar refractivity (Wildman–Crippen MR) is 55.0 cm³/mol. The van der Waals surface area contributed by atoms with Gasteiger partial charge in [0.2, 0.25) is 5.95 Å². The van der Waals surface area contributed by atoms with Gasteiger partial charge >= 0.3 is 0 Å². The molecule has 0 spiro atoms. The molecule has 0 aliphatic rings. The molecule has 0 aliphatic carbocycles. The van der Waals surface area contributed by atoms with E-state index in [-0.39, 0.29) is 5.75 Å². The number of rotatable bonds is 4. The van der Waals surface area contributed by atoms with E-state index in [2.05, 4.69) is 26.0 Å². The molecule has 1 aromatic carbocycles. The summed E-state index contributed by atoms with van der Waals surface area (Å²) in [6, 6.07) is 7.13. The second-order valence-electron chi connectivity index (χ2n) is 2.94. The van der Waals surface area contributed by atoms with Crippen LogP contribution in [0.2, 0.25) is 0 Å². The molecule has 4 N–H and O–H groups in total. The van der Waals surface area contributed by atoms with Crippen LogP contribution in [0.1, 0.15) is 5.56 Å². The Morgan fingerprint density at radius 2 is 2.20 bits per heavy atom. The SMILES string of the molecule is Oc1ccccc1CNNc1ncn[nH]1. The molecular formula is C9H11N5O. The second-order valence-corrected chi connectivity index (χ2v) is 2.94. The Balaban J connectivity index is 1.86. The van der Waals surface area contributed by atoms with Crippen molar-refractivity contribution in [1.29, 1.82) is 0 Å². The summed E-state index contributed by atoms with van der Waals surface area (Å²) in [7, 11) is 0. The fourth-order valence-electron chi connectivity index (χ4n) is 1.15. The molecule has 15 heavy (non-hydrogen) atoms. The maximum atomic E-state index is 9.46. The minimum Gasteiger partial charge on any atom is -0.508 e. The van der Waals surface area contributed by atoms with Crippen molar-refractivity contribution in [3.63, 3.8) is 0 Å². The van der Waals surface area contributed by atoms with Crippen molar-refractivity contribution in [3.05, 3.63) is 36.2 Å². The van der Waals surface area contributed by atoms with Gasteiger partial charge in [0, 0.05) is 12.1 Å². The van der Waals surface area contributed by atoms with Gasteiger partial charge in [0.1, 0.15) is 12.1 Å². The molecule has 78 valence electrons. The number of para-hydroxylation sites is 1. The Hall–Kier alpha value is -2.08. The average molecular weight is 205 g/mol. The highest BCUT2D eigenvalue weighted by molar-refractivity contribution is 5.32. The van der Waals surface area contributed by atoms with Crippen molar-refractivity contribution in [3.8, 4) is 5.75 Å².